The first kappa shape index (κ1) is 14.3. The molecule has 4 N–H and O–H groups in total. The minimum atomic E-state index is -4.03. The minimum Gasteiger partial charge on any atom is -0.341 e. The van der Waals surface area contributed by atoms with Gasteiger partial charge >= 0.3 is 6.03 Å². The third kappa shape index (κ3) is 4.59. The molecular formula is C8H14N4O5S. The fourth-order valence-electron chi connectivity index (χ4n) is 1.25. The first-order valence-electron chi connectivity index (χ1n) is 5.05. The molecule has 9 nitrogen and oxygen atoms in total. The van der Waals surface area contributed by atoms with Crippen LogP contribution in [-0.2, 0) is 16.7 Å². The van der Waals surface area contributed by atoms with E-state index in [0.717, 1.165) is 4.68 Å². The minimum absolute atomic E-state index is 0.0820. The summed E-state index contributed by atoms with van der Waals surface area (Å²) in [5, 5.41) is 7.27. The lowest BCUT2D eigenvalue weighted by molar-refractivity contribution is 0.254. The van der Waals surface area contributed by atoms with Gasteiger partial charge < -0.3 is 5.32 Å². The molecule has 0 fully saturated rings. The number of anilines is 1. The van der Waals surface area contributed by atoms with E-state index in [4.69, 9.17) is 4.55 Å². The number of amides is 2. The maximum Gasteiger partial charge on any atom is 0.320 e. The number of carbonyl (C=O) groups is 1. The highest BCUT2D eigenvalue weighted by molar-refractivity contribution is 7.85. The van der Waals surface area contributed by atoms with Crippen molar-refractivity contribution in [2.75, 3.05) is 18.1 Å². The predicted molar refractivity (Wildman–Crippen MR) is 64.2 cm³/mol. The molecule has 1 aromatic rings. The van der Waals surface area contributed by atoms with Crippen LogP contribution >= 0.6 is 0 Å². The lowest BCUT2D eigenvalue weighted by Gasteiger charge is -2.02. The van der Waals surface area contributed by atoms with Gasteiger partial charge in [-0.15, -0.1) is 0 Å². The van der Waals surface area contributed by atoms with E-state index in [1.807, 2.05) is 0 Å². The lowest BCUT2D eigenvalue weighted by Crippen LogP contribution is -2.24. The van der Waals surface area contributed by atoms with Crippen LogP contribution in [0.1, 0.15) is 6.42 Å². The van der Waals surface area contributed by atoms with E-state index in [9.17, 15) is 18.0 Å². The zero-order valence-corrected chi connectivity index (χ0v) is 10.5. The average Bonchev–Trinajstić information content (AvgIpc) is 2.57. The molecule has 0 saturated heterocycles. The van der Waals surface area contributed by atoms with Gasteiger partial charge in [0.1, 0.15) is 5.82 Å². The summed E-state index contributed by atoms with van der Waals surface area (Å²) in [4.78, 5) is 22.4. The van der Waals surface area contributed by atoms with Crippen LogP contribution in [0.4, 0.5) is 10.6 Å². The Labute approximate surface area is 103 Å². The SMILES string of the molecule is CNC(=O)Nc1cc(=O)n(CCCS(=O)(=O)O)[nH]1. The average molecular weight is 278 g/mol. The summed E-state index contributed by atoms with van der Waals surface area (Å²) in [6, 6.07) is 0.684. The topological polar surface area (TPSA) is 133 Å². The molecule has 1 aromatic heterocycles. The van der Waals surface area contributed by atoms with Crippen molar-refractivity contribution in [1.29, 1.82) is 0 Å². The zero-order valence-electron chi connectivity index (χ0n) is 9.63. The standard InChI is InChI=1S/C8H14N4O5S/c1-9-8(14)10-6-5-7(13)12(11-6)3-2-4-18(15,16)17/h5,11H,2-4H2,1H3,(H2,9,10,14)(H,15,16,17). The second-order valence-corrected chi connectivity index (χ2v) is 5.08. The zero-order chi connectivity index (χ0) is 13.8. The molecule has 102 valence electrons. The molecule has 10 heteroatoms. The summed E-state index contributed by atoms with van der Waals surface area (Å²) >= 11 is 0. The Bertz CT molecular complexity index is 573. The molecule has 18 heavy (non-hydrogen) atoms. The van der Waals surface area contributed by atoms with Gasteiger partial charge in [-0.25, -0.2) is 4.79 Å². The van der Waals surface area contributed by atoms with Gasteiger partial charge in [0, 0.05) is 19.7 Å². The number of aryl methyl sites for hydroxylation is 1. The quantitative estimate of drug-likeness (QED) is 0.523. The molecule has 0 atom stereocenters. The number of nitrogens with one attached hydrogen (secondary N) is 3. The third-order valence-corrected chi connectivity index (χ3v) is 2.85. The largest absolute Gasteiger partial charge is 0.341 e. The Morgan fingerprint density at radius 3 is 2.78 bits per heavy atom. The summed E-state index contributed by atoms with van der Waals surface area (Å²) in [7, 11) is -2.61. The number of carbonyl (C=O) groups excluding carboxylic acids is 1. The van der Waals surface area contributed by atoms with Crippen molar-refractivity contribution in [3.05, 3.63) is 16.4 Å². The number of aromatic amines is 1. The molecule has 0 aliphatic carbocycles. The first-order chi connectivity index (χ1) is 8.31. The molecular weight excluding hydrogens is 264 g/mol. The molecule has 0 aliphatic rings. The molecule has 0 unspecified atom stereocenters. The number of aromatic nitrogens is 2. The number of nitrogens with zero attached hydrogens (tertiary/aromatic N) is 1. The lowest BCUT2D eigenvalue weighted by atomic mass is 10.5. The van der Waals surface area contributed by atoms with Crippen LogP contribution in [0, 0.1) is 0 Å². The van der Waals surface area contributed by atoms with Gasteiger partial charge in [0.15, 0.2) is 0 Å². The van der Waals surface area contributed by atoms with Crippen molar-refractivity contribution in [3.63, 3.8) is 0 Å². The Kier molecular flexibility index (Phi) is 4.50. The molecule has 0 radical (unpaired) electrons. The highest BCUT2D eigenvalue weighted by Gasteiger charge is 2.08. The van der Waals surface area contributed by atoms with Crippen molar-refractivity contribution in [3.8, 4) is 0 Å². The van der Waals surface area contributed by atoms with Gasteiger partial charge in [0.2, 0.25) is 0 Å². The second kappa shape index (κ2) is 5.69. The van der Waals surface area contributed by atoms with Crippen LogP contribution < -0.4 is 16.2 Å². The molecule has 0 aromatic carbocycles. The number of rotatable bonds is 5. The van der Waals surface area contributed by atoms with Gasteiger partial charge in [-0.3, -0.25) is 24.4 Å². The molecule has 2 amide bonds. The highest BCUT2D eigenvalue weighted by Crippen LogP contribution is 1.98. The molecule has 0 saturated carbocycles. The number of H-pyrrole nitrogens is 1. The Morgan fingerprint density at radius 1 is 1.56 bits per heavy atom. The Morgan fingerprint density at radius 2 is 2.22 bits per heavy atom. The fraction of sp³-hybridized carbons (Fsp3) is 0.500. The summed E-state index contributed by atoms with van der Waals surface area (Å²) in [5.74, 6) is -0.234. The van der Waals surface area contributed by atoms with E-state index >= 15 is 0 Å². The van der Waals surface area contributed by atoms with Crippen LogP contribution in [-0.4, -0.2) is 41.6 Å². The fourth-order valence-corrected chi connectivity index (χ4v) is 1.75. The van der Waals surface area contributed by atoms with E-state index < -0.39 is 27.5 Å². The van der Waals surface area contributed by atoms with E-state index in [-0.39, 0.29) is 18.8 Å². The maximum absolute atomic E-state index is 11.4. The van der Waals surface area contributed by atoms with Gasteiger partial charge in [-0.1, -0.05) is 0 Å². The Hall–Kier alpha value is -1.81. The molecule has 1 heterocycles. The molecule has 1 rings (SSSR count). The maximum atomic E-state index is 11.4. The van der Waals surface area contributed by atoms with Gasteiger partial charge in [-0.05, 0) is 6.42 Å². The van der Waals surface area contributed by atoms with Gasteiger partial charge in [0.05, 0.1) is 5.75 Å². The summed E-state index contributed by atoms with van der Waals surface area (Å²) < 4.78 is 30.6. The van der Waals surface area contributed by atoms with E-state index in [2.05, 4.69) is 15.7 Å². The van der Waals surface area contributed by atoms with Crippen LogP contribution in [0.25, 0.3) is 0 Å². The molecule has 0 aliphatic heterocycles. The second-order valence-electron chi connectivity index (χ2n) is 3.50. The third-order valence-electron chi connectivity index (χ3n) is 2.05. The van der Waals surface area contributed by atoms with E-state index in [0.29, 0.717) is 0 Å². The summed E-state index contributed by atoms with van der Waals surface area (Å²) in [5.41, 5.74) is -0.406. The van der Waals surface area contributed by atoms with Crippen LogP contribution in [0.3, 0.4) is 0 Å². The van der Waals surface area contributed by atoms with E-state index in [1.54, 1.807) is 0 Å². The van der Waals surface area contributed by atoms with E-state index in [1.165, 1.54) is 13.1 Å². The van der Waals surface area contributed by atoms with Crippen LogP contribution in [0.2, 0.25) is 0 Å². The predicted octanol–water partition coefficient (Wildman–Crippen LogP) is -0.794. The van der Waals surface area contributed by atoms with Crippen LogP contribution in [0.5, 0.6) is 0 Å². The monoisotopic (exact) mass is 278 g/mol. The van der Waals surface area contributed by atoms with Crippen molar-refractivity contribution in [2.45, 2.75) is 13.0 Å². The molecule has 0 spiro atoms. The summed E-state index contributed by atoms with van der Waals surface area (Å²) in [6.07, 6.45) is 0.0820. The number of hydrogen-bond donors (Lipinski definition) is 4. The van der Waals surface area contributed by atoms with Gasteiger partial charge in [-0.2, -0.15) is 8.42 Å². The smallest absolute Gasteiger partial charge is 0.320 e. The highest BCUT2D eigenvalue weighted by atomic mass is 32.2. The normalized spacial score (nSPS) is 11.2. The van der Waals surface area contributed by atoms with Crippen molar-refractivity contribution >= 4 is 22.0 Å². The Balaban J connectivity index is 2.62. The summed E-state index contributed by atoms with van der Waals surface area (Å²) in [6.45, 7) is 0.0913. The van der Waals surface area contributed by atoms with Crippen molar-refractivity contribution < 1.29 is 17.8 Å². The molecule has 0 bridgehead atoms. The first-order valence-corrected chi connectivity index (χ1v) is 6.66. The van der Waals surface area contributed by atoms with Crippen molar-refractivity contribution in [1.82, 2.24) is 15.1 Å². The van der Waals surface area contributed by atoms with Crippen LogP contribution in [0.15, 0.2) is 10.9 Å². The van der Waals surface area contributed by atoms with Crippen molar-refractivity contribution in [2.24, 2.45) is 0 Å². The number of urea groups is 1. The number of hydrogen-bond acceptors (Lipinski definition) is 4. The van der Waals surface area contributed by atoms with Gasteiger partial charge in [0.25, 0.3) is 15.7 Å².